The number of alkyl halides is 3. The minimum atomic E-state index is -4.47. The fourth-order valence-electron chi connectivity index (χ4n) is 2.09. The normalized spacial score (nSPS) is 12.2. The van der Waals surface area contributed by atoms with Crippen molar-refractivity contribution in [2.45, 2.75) is 19.2 Å². The maximum Gasteiger partial charge on any atom is 0.416 e. The number of benzene rings is 2. The summed E-state index contributed by atoms with van der Waals surface area (Å²) in [6.07, 6.45) is -3.03. The van der Waals surface area contributed by atoms with Gasteiger partial charge in [0.05, 0.1) is 17.2 Å². The molecule has 2 rings (SSSR count). The molecule has 0 unspecified atom stereocenters. The molecule has 0 aliphatic carbocycles. The quantitative estimate of drug-likeness (QED) is 0.616. The monoisotopic (exact) mass is 388 g/mol. The Bertz CT molecular complexity index is 912. The van der Waals surface area contributed by atoms with Gasteiger partial charge in [-0.15, -0.1) is 0 Å². The largest absolute Gasteiger partial charge is 0.449 e. The molecule has 0 radical (unpaired) electrons. The van der Waals surface area contributed by atoms with Gasteiger partial charge in [-0.25, -0.2) is 4.79 Å². The molecule has 0 aromatic heterocycles. The van der Waals surface area contributed by atoms with E-state index in [9.17, 15) is 22.8 Å². The van der Waals surface area contributed by atoms with Crippen LogP contribution in [-0.2, 0) is 20.5 Å². The van der Waals surface area contributed by atoms with Crippen LogP contribution in [0.25, 0.3) is 6.08 Å². The summed E-state index contributed by atoms with van der Waals surface area (Å²) in [7, 11) is 0. The van der Waals surface area contributed by atoms with Gasteiger partial charge in [0, 0.05) is 11.8 Å². The lowest BCUT2D eigenvalue weighted by Gasteiger charge is -2.13. The second-order valence-electron chi connectivity index (χ2n) is 5.71. The Hall–Kier alpha value is -3.60. The van der Waals surface area contributed by atoms with Crippen molar-refractivity contribution in [2.24, 2.45) is 0 Å². The topological polar surface area (TPSA) is 79.2 Å². The maximum atomic E-state index is 12.5. The molecule has 2 aromatic rings. The average molecular weight is 388 g/mol. The first-order chi connectivity index (χ1) is 13.2. The first kappa shape index (κ1) is 20.7. The highest BCUT2D eigenvalue weighted by atomic mass is 19.4. The molecule has 0 aliphatic heterocycles. The number of amides is 1. The Balaban J connectivity index is 1.89. The van der Waals surface area contributed by atoms with Crippen molar-refractivity contribution in [1.82, 2.24) is 0 Å². The number of rotatable bonds is 5. The van der Waals surface area contributed by atoms with E-state index in [0.717, 1.165) is 30.3 Å². The number of nitrogens with zero attached hydrogens (tertiary/aromatic N) is 1. The Kier molecular flexibility index (Phi) is 6.55. The molecule has 0 saturated heterocycles. The predicted octanol–water partition coefficient (Wildman–Crippen LogP) is 4.16. The number of hydrogen-bond donors (Lipinski definition) is 1. The Labute approximate surface area is 159 Å². The Morgan fingerprint density at radius 2 is 1.71 bits per heavy atom. The number of ether oxygens (including phenoxy) is 1. The summed E-state index contributed by atoms with van der Waals surface area (Å²) in [6, 6.07) is 12.3. The first-order valence-electron chi connectivity index (χ1n) is 8.06. The molecule has 144 valence electrons. The highest BCUT2D eigenvalue weighted by Crippen LogP contribution is 2.29. The molecule has 1 amide bonds. The van der Waals surface area contributed by atoms with Gasteiger partial charge in [-0.05, 0) is 55.0 Å². The summed E-state index contributed by atoms with van der Waals surface area (Å²) in [6.45, 7) is 1.34. The summed E-state index contributed by atoms with van der Waals surface area (Å²) in [5, 5.41) is 11.1. The minimum absolute atomic E-state index is 0.147. The average Bonchev–Trinajstić information content (AvgIpc) is 2.66. The summed E-state index contributed by atoms with van der Waals surface area (Å²) in [5.74, 6) is -1.45. The van der Waals surface area contributed by atoms with Crippen LogP contribution in [0.5, 0.6) is 0 Å². The highest BCUT2D eigenvalue weighted by Gasteiger charge is 2.30. The van der Waals surface area contributed by atoms with Crippen molar-refractivity contribution in [3.63, 3.8) is 0 Å². The Morgan fingerprint density at radius 1 is 1.11 bits per heavy atom. The van der Waals surface area contributed by atoms with E-state index in [1.54, 1.807) is 24.3 Å². The van der Waals surface area contributed by atoms with E-state index in [0.29, 0.717) is 11.1 Å². The van der Waals surface area contributed by atoms with E-state index in [2.05, 4.69) is 5.32 Å². The van der Waals surface area contributed by atoms with Gasteiger partial charge in [0.15, 0.2) is 6.10 Å². The van der Waals surface area contributed by atoms with Crippen LogP contribution < -0.4 is 5.32 Å². The maximum absolute atomic E-state index is 12.5. The predicted molar refractivity (Wildman–Crippen MR) is 95.8 cm³/mol. The zero-order chi connectivity index (χ0) is 20.7. The van der Waals surface area contributed by atoms with Crippen molar-refractivity contribution in [3.8, 4) is 6.07 Å². The molecule has 0 heterocycles. The summed E-state index contributed by atoms with van der Waals surface area (Å²) in [5.41, 5.74) is 0.457. The van der Waals surface area contributed by atoms with Crippen LogP contribution in [0, 0.1) is 11.3 Å². The lowest BCUT2D eigenvalue weighted by molar-refractivity contribution is -0.148. The summed E-state index contributed by atoms with van der Waals surface area (Å²) >= 11 is 0. The van der Waals surface area contributed by atoms with Crippen LogP contribution in [0.3, 0.4) is 0 Å². The summed E-state index contributed by atoms with van der Waals surface area (Å²) < 4.78 is 42.5. The van der Waals surface area contributed by atoms with Crippen molar-refractivity contribution < 1.29 is 27.5 Å². The van der Waals surface area contributed by atoms with Gasteiger partial charge in [0.1, 0.15) is 0 Å². The van der Waals surface area contributed by atoms with Crippen LogP contribution in [-0.4, -0.2) is 18.0 Å². The fraction of sp³-hybridized carbons (Fsp3) is 0.150. The number of nitrogens with one attached hydrogen (secondary N) is 1. The van der Waals surface area contributed by atoms with E-state index < -0.39 is 29.7 Å². The number of anilines is 1. The molecule has 2 aromatic carbocycles. The second-order valence-corrected chi connectivity index (χ2v) is 5.71. The molecule has 5 nitrogen and oxygen atoms in total. The third-order valence-corrected chi connectivity index (χ3v) is 3.59. The van der Waals surface area contributed by atoms with Crippen molar-refractivity contribution in [1.29, 1.82) is 5.26 Å². The standard InChI is InChI=1S/C20H15F3N2O3/c1-13(19(27)25-17-9-7-16(8-10-17)20(21,22)23)28-18(26)11-6-14-2-4-15(12-24)5-3-14/h2-11,13H,1H3,(H,25,27)/b11-6+/t13-/m0/s1. The van der Waals surface area contributed by atoms with E-state index in [4.69, 9.17) is 10.00 Å². The van der Waals surface area contributed by atoms with Crippen LogP contribution in [0.15, 0.2) is 54.6 Å². The van der Waals surface area contributed by atoms with Gasteiger partial charge in [0.2, 0.25) is 0 Å². The smallest absolute Gasteiger partial charge is 0.416 e. The number of hydrogen-bond acceptors (Lipinski definition) is 4. The minimum Gasteiger partial charge on any atom is -0.449 e. The van der Waals surface area contributed by atoms with Crippen molar-refractivity contribution in [2.75, 3.05) is 5.32 Å². The zero-order valence-electron chi connectivity index (χ0n) is 14.7. The first-order valence-corrected chi connectivity index (χ1v) is 8.06. The van der Waals surface area contributed by atoms with Crippen LogP contribution >= 0.6 is 0 Å². The molecule has 1 N–H and O–H groups in total. The molecule has 28 heavy (non-hydrogen) atoms. The van der Waals surface area contributed by atoms with Gasteiger partial charge in [-0.3, -0.25) is 4.79 Å². The van der Waals surface area contributed by atoms with Gasteiger partial charge in [-0.2, -0.15) is 18.4 Å². The SMILES string of the molecule is C[C@H](OC(=O)/C=C/c1ccc(C#N)cc1)C(=O)Nc1ccc(C(F)(F)F)cc1. The van der Waals surface area contributed by atoms with E-state index in [1.165, 1.54) is 13.0 Å². The molecule has 8 heteroatoms. The van der Waals surface area contributed by atoms with Gasteiger partial charge in [0.25, 0.3) is 5.91 Å². The molecule has 1 atom stereocenters. The van der Waals surface area contributed by atoms with Crippen LogP contribution in [0.4, 0.5) is 18.9 Å². The molecule has 0 aliphatic rings. The number of esters is 1. The number of carbonyl (C=O) groups is 2. The van der Waals surface area contributed by atoms with Crippen molar-refractivity contribution >= 4 is 23.6 Å². The molecule has 0 fully saturated rings. The lowest BCUT2D eigenvalue weighted by atomic mass is 10.1. The highest BCUT2D eigenvalue weighted by molar-refractivity contribution is 5.96. The fourth-order valence-corrected chi connectivity index (χ4v) is 2.09. The van der Waals surface area contributed by atoms with E-state index in [1.807, 2.05) is 6.07 Å². The second kappa shape index (κ2) is 8.86. The van der Waals surface area contributed by atoms with Gasteiger partial charge >= 0.3 is 12.1 Å². The molecular formula is C20H15F3N2O3. The van der Waals surface area contributed by atoms with Crippen LogP contribution in [0.1, 0.15) is 23.6 Å². The third kappa shape index (κ3) is 5.99. The van der Waals surface area contributed by atoms with Crippen molar-refractivity contribution in [3.05, 3.63) is 71.3 Å². The number of halogens is 3. The molecule has 0 bridgehead atoms. The Morgan fingerprint density at radius 3 is 2.25 bits per heavy atom. The molecular weight excluding hydrogens is 373 g/mol. The van der Waals surface area contributed by atoms with Gasteiger partial charge in [-0.1, -0.05) is 12.1 Å². The zero-order valence-corrected chi connectivity index (χ0v) is 14.7. The van der Waals surface area contributed by atoms with Gasteiger partial charge < -0.3 is 10.1 Å². The number of carbonyl (C=O) groups excluding carboxylic acids is 2. The van der Waals surface area contributed by atoms with E-state index in [-0.39, 0.29) is 5.69 Å². The van der Waals surface area contributed by atoms with Crippen LogP contribution in [0.2, 0.25) is 0 Å². The molecule has 0 spiro atoms. The summed E-state index contributed by atoms with van der Waals surface area (Å²) in [4.78, 5) is 23.8. The lowest BCUT2D eigenvalue weighted by Crippen LogP contribution is -2.29. The van der Waals surface area contributed by atoms with E-state index >= 15 is 0 Å². The third-order valence-electron chi connectivity index (χ3n) is 3.59. The number of nitriles is 1. The molecule has 0 saturated carbocycles.